The molecule has 0 amide bonds. The van der Waals surface area contributed by atoms with Crippen molar-refractivity contribution in [2.75, 3.05) is 0 Å². The zero-order chi connectivity index (χ0) is 9.86. The first kappa shape index (κ1) is 10.1. The van der Waals surface area contributed by atoms with E-state index in [0.29, 0.717) is 14.5 Å². The first-order valence-corrected chi connectivity index (χ1v) is 6.92. The van der Waals surface area contributed by atoms with Crippen molar-refractivity contribution in [3.05, 3.63) is 21.5 Å². The molecule has 0 aliphatic heterocycles. The second-order valence-corrected chi connectivity index (χ2v) is 5.81. The molecule has 1 fully saturated rings. The monoisotopic (exact) mass is 254 g/mol. The Kier molecular flexibility index (Phi) is 3.13. The Bertz CT molecular complexity index is 336. The summed E-state index contributed by atoms with van der Waals surface area (Å²) in [7, 11) is 0. The van der Waals surface area contributed by atoms with Gasteiger partial charge >= 0.3 is 90.7 Å². The van der Waals surface area contributed by atoms with E-state index in [1.807, 2.05) is 0 Å². The molecule has 2 heteroatoms. The van der Waals surface area contributed by atoms with E-state index in [1.54, 1.807) is 0 Å². The van der Waals surface area contributed by atoms with Crippen LogP contribution in [-0.2, 0) is 0 Å². The molecule has 0 bridgehead atoms. The third-order valence-electron chi connectivity index (χ3n) is 2.62. The maximum absolute atomic E-state index is 10.1. The van der Waals surface area contributed by atoms with E-state index in [-0.39, 0.29) is 0 Å². The SMILES string of the molecule is OC1(C#Cc2ccc[se]2)CCCCC1. The summed E-state index contributed by atoms with van der Waals surface area (Å²) in [6.45, 7) is 0. The van der Waals surface area contributed by atoms with Gasteiger partial charge in [0.05, 0.1) is 0 Å². The Balaban J connectivity index is 2.08. The van der Waals surface area contributed by atoms with Gasteiger partial charge in [0.1, 0.15) is 0 Å². The number of rotatable bonds is 0. The molecule has 0 spiro atoms. The van der Waals surface area contributed by atoms with E-state index in [2.05, 4.69) is 28.9 Å². The Morgan fingerprint density at radius 1 is 1.29 bits per heavy atom. The topological polar surface area (TPSA) is 20.2 Å². The predicted octanol–water partition coefficient (Wildman–Crippen LogP) is 1.79. The summed E-state index contributed by atoms with van der Waals surface area (Å²) in [5.41, 5.74) is -0.683. The van der Waals surface area contributed by atoms with E-state index in [9.17, 15) is 5.11 Å². The van der Waals surface area contributed by atoms with Crippen LogP contribution in [0.1, 0.15) is 36.5 Å². The average Bonchev–Trinajstić information content (AvgIpc) is 2.69. The van der Waals surface area contributed by atoms with Crippen LogP contribution in [0.4, 0.5) is 0 Å². The second kappa shape index (κ2) is 4.36. The molecule has 1 aromatic rings. The van der Waals surface area contributed by atoms with Crippen molar-refractivity contribution >= 4 is 14.5 Å². The quantitative estimate of drug-likeness (QED) is 0.552. The van der Waals surface area contributed by atoms with E-state index >= 15 is 0 Å². The molecule has 2 rings (SSSR count). The summed E-state index contributed by atoms with van der Waals surface area (Å²) < 4.78 is 1.19. The molecule has 1 saturated carbocycles. The predicted molar refractivity (Wildman–Crippen MR) is 58.3 cm³/mol. The number of hydrogen-bond acceptors (Lipinski definition) is 1. The summed E-state index contributed by atoms with van der Waals surface area (Å²) in [6.07, 6.45) is 5.20. The van der Waals surface area contributed by atoms with Crippen LogP contribution in [-0.4, -0.2) is 25.2 Å². The average molecular weight is 253 g/mol. The normalized spacial score (nSPS) is 19.8. The molecular weight excluding hydrogens is 239 g/mol. The van der Waals surface area contributed by atoms with Gasteiger partial charge in [-0.2, -0.15) is 0 Å². The van der Waals surface area contributed by atoms with Gasteiger partial charge in [0, 0.05) is 0 Å². The summed E-state index contributed by atoms with van der Waals surface area (Å²) in [6, 6.07) is 4.11. The molecule has 74 valence electrons. The van der Waals surface area contributed by atoms with Gasteiger partial charge in [-0.3, -0.25) is 0 Å². The van der Waals surface area contributed by atoms with Gasteiger partial charge in [0.25, 0.3) is 0 Å². The molecule has 1 N–H and O–H groups in total. The van der Waals surface area contributed by atoms with Crippen LogP contribution >= 0.6 is 0 Å². The van der Waals surface area contributed by atoms with E-state index < -0.39 is 5.60 Å². The van der Waals surface area contributed by atoms with Crippen molar-refractivity contribution < 1.29 is 5.11 Å². The van der Waals surface area contributed by atoms with Gasteiger partial charge in [-0.1, -0.05) is 0 Å². The molecule has 0 aromatic carbocycles. The molecule has 1 aliphatic rings. The molecule has 1 nitrogen and oxygen atoms in total. The molecule has 0 unspecified atom stereocenters. The Hall–Kier alpha value is -0.481. The van der Waals surface area contributed by atoms with Gasteiger partial charge in [-0.15, -0.1) is 0 Å². The van der Waals surface area contributed by atoms with Crippen LogP contribution in [0.15, 0.2) is 17.1 Å². The van der Waals surface area contributed by atoms with Crippen molar-refractivity contribution in [1.29, 1.82) is 0 Å². The fourth-order valence-corrected chi connectivity index (χ4v) is 2.99. The van der Waals surface area contributed by atoms with E-state index in [1.165, 1.54) is 10.9 Å². The van der Waals surface area contributed by atoms with Gasteiger partial charge in [-0.25, -0.2) is 0 Å². The van der Waals surface area contributed by atoms with Crippen molar-refractivity contribution in [1.82, 2.24) is 0 Å². The Morgan fingerprint density at radius 2 is 2.07 bits per heavy atom. The minimum atomic E-state index is -0.683. The molecular formula is C12H14OSe. The molecule has 1 aliphatic carbocycles. The van der Waals surface area contributed by atoms with Crippen LogP contribution in [0.2, 0.25) is 0 Å². The second-order valence-electron chi connectivity index (χ2n) is 3.82. The first-order chi connectivity index (χ1) is 6.79. The zero-order valence-corrected chi connectivity index (χ0v) is 9.84. The Labute approximate surface area is 90.9 Å². The van der Waals surface area contributed by atoms with Gasteiger partial charge in [-0.05, 0) is 0 Å². The van der Waals surface area contributed by atoms with Gasteiger partial charge < -0.3 is 0 Å². The van der Waals surface area contributed by atoms with Crippen LogP contribution < -0.4 is 0 Å². The summed E-state index contributed by atoms with van der Waals surface area (Å²) in [5, 5.41) is 10.1. The standard InChI is InChI=1S/C12H14OSe/c13-12(7-2-1-3-8-12)9-6-11-5-4-10-14-11/h4-5,10,13H,1-3,7-8H2. The third-order valence-corrected chi connectivity index (χ3v) is 4.27. The molecule has 0 radical (unpaired) electrons. The number of hydrogen-bond donors (Lipinski definition) is 1. The molecule has 1 aromatic heterocycles. The maximum atomic E-state index is 10.1. The van der Waals surface area contributed by atoms with E-state index in [0.717, 1.165) is 25.7 Å². The van der Waals surface area contributed by atoms with Crippen LogP contribution in [0.25, 0.3) is 0 Å². The Morgan fingerprint density at radius 3 is 2.71 bits per heavy atom. The number of aliphatic hydroxyl groups is 1. The van der Waals surface area contributed by atoms with Crippen molar-refractivity contribution in [3.8, 4) is 11.8 Å². The third kappa shape index (κ3) is 2.51. The molecule has 0 atom stereocenters. The van der Waals surface area contributed by atoms with Crippen molar-refractivity contribution in [3.63, 3.8) is 0 Å². The van der Waals surface area contributed by atoms with Crippen LogP contribution in [0.5, 0.6) is 0 Å². The fraction of sp³-hybridized carbons (Fsp3) is 0.500. The summed E-state index contributed by atoms with van der Waals surface area (Å²) >= 11 is 0.415. The van der Waals surface area contributed by atoms with Crippen molar-refractivity contribution in [2.24, 2.45) is 0 Å². The molecule has 1 heterocycles. The van der Waals surface area contributed by atoms with Crippen LogP contribution in [0.3, 0.4) is 0 Å². The fourth-order valence-electron chi connectivity index (χ4n) is 1.79. The van der Waals surface area contributed by atoms with E-state index in [4.69, 9.17) is 0 Å². The van der Waals surface area contributed by atoms with Crippen molar-refractivity contribution in [2.45, 2.75) is 37.7 Å². The summed E-state index contributed by atoms with van der Waals surface area (Å²) in [4.78, 5) is 2.15. The molecule has 0 saturated heterocycles. The molecule has 14 heavy (non-hydrogen) atoms. The summed E-state index contributed by atoms with van der Waals surface area (Å²) in [5.74, 6) is 6.17. The minimum absolute atomic E-state index is 0.415. The zero-order valence-electron chi connectivity index (χ0n) is 8.12. The van der Waals surface area contributed by atoms with Gasteiger partial charge in [0.15, 0.2) is 0 Å². The first-order valence-electron chi connectivity index (χ1n) is 5.08. The van der Waals surface area contributed by atoms with Crippen LogP contribution in [0, 0.1) is 11.8 Å². The van der Waals surface area contributed by atoms with Gasteiger partial charge in [0.2, 0.25) is 0 Å².